The van der Waals surface area contributed by atoms with Crippen LogP contribution in [-0.4, -0.2) is 10.9 Å². The fraction of sp³-hybridized carbons (Fsp3) is 0.100. The molecule has 4 nitrogen and oxygen atoms in total. The van der Waals surface area contributed by atoms with Crippen LogP contribution in [0.5, 0.6) is 0 Å². The molecule has 156 valence electrons. The van der Waals surface area contributed by atoms with Crippen molar-refractivity contribution < 1.29 is 22.4 Å². The Morgan fingerprint density at radius 3 is 2.53 bits per heavy atom. The number of benzene rings is 2. The number of carbonyl (C=O) groups is 1. The van der Waals surface area contributed by atoms with Gasteiger partial charge in [-0.3, -0.25) is 4.79 Å². The number of nitrogens with two attached hydrogens (primary N) is 1. The average molecular weight is 456 g/mol. The minimum absolute atomic E-state index is 0.0226. The standard InChI is InChI=1S/C20H14ClF4N3OS/c21-15-9-14(19(29)27-12-2-1-3-13(30)8-12)17(28-18(15)20(23,24)25)6-10-4-5-11(22)7-16(10)26/h1-5,7-9,30H,6,26H2,(H,27,29). The lowest BCUT2D eigenvalue weighted by atomic mass is 10.0. The molecule has 0 atom stereocenters. The number of amides is 1. The highest BCUT2D eigenvalue weighted by atomic mass is 35.5. The Kier molecular flexibility index (Phi) is 6.23. The Hall–Kier alpha value is -2.78. The summed E-state index contributed by atoms with van der Waals surface area (Å²) in [7, 11) is 0. The third-order valence-electron chi connectivity index (χ3n) is 4.14. The minimum Gasteiger partial charge on any atom is -0.398 e. The first-order chi connectivity index (χ1) is 14.0. The monoisotopic (exact) mass is 455 g/mol. The molecule has 0 bridgehead atoms. The van der Waals surface area contributed by atoms with Crippen LogP contribution in [-0.2, 0) is 12.6 Å². The number of nitrogen functional groups attached to an aromatic ring is 1. The van der Waals surface area contributed by atoms with Gasteiger partial charge < -0.3 is 11.1 Å². The number of hydrogen-bond acceptors (Lipinski definition) is 4. The van der Waals surface area contributed by atoms with Gasteiger partial charge in [0, 0.05) is 22.7 Å². The second-order valence-electron chi connectivity index (χ2n) is 6.34. The number of rotatable bonds is 4. The first-order valence-electron chi connectivity index (χ1n) is 8.45. The van der Waals surface area contributed by atoms with E-state index in [0.717, 1.165) is 18.2 Å². The topological polar surface area (TPSA) is 68.0 Å². The lowest BCUT2D eigenvalue weighted by Gasteiger charge is -2.15. The van der Waals surface area contributed by atoms with Crippen molar-refractivity contribution in [1.29, 1.82) is 0 Å². The average Bonchev–Trinajstić information content (AvgIpc) is 2.64. The molecule has 3 aromatic rings. The van der Waals surface area contributed by atoms with E-state index in [-0.39, 0.29) is 23.4 Å². The van der Waals surface area contributed by atoms with Crippen LogP contribution in [0.4, 0.5) is 28.9 Å². The van der Waals surface area contributed by atoms with Crippen molar-refractivity contribution in [2.45, 2.75) is 17.5 Å². The van der Waals surface area contributed by atoms with E-state index in [9.17, 15) is 22.4 Å². The Morgan fingerprint density at radius 2 is 1.90 bits per heavy atom. The van der Waals surface area contributed by atoms with Crippen LogP contribution in [0.3, 0.4) is 0 Å². The van der Waals surface area contributed by atoms with E-state index in [0.29, 0.717) is 16.1 Å². The van der Waals surface area contributed by atoms with Gasteiger partial charge in [-0.1, -0.05) is 23.7 Å². The van der Waals surface area contributed by atoms with E-state index < -0.39 is 28.6 Å². The first kappa shape index (κ1) is 21.9. The molecule has 0 fully saturated rings. The zero-order chi connectivity index (χ0) is 22.1. The third-order valence-corrected chi connectivity index (χ3v) is 4.70. The van der Waals surface area contributed by atoms with Gasteiger partial charge in [-0.25, -0.2) is 9.37 Å². The van der Waals surface area contributed by atoms with Gasteiger partial charge in [-0.2, -0.15) is 13.2 Å². The van der Waals surface area contributed by atoms with Gasteiger partial charge >= 0.3 is 6.18 Å². The summed E-state index contributed by atoms with van der Waals surface area (Å²) in [4.78, 5) is 17.0. The number of anilines is 2. The minimum atomic E-state index is -4.82. The van der Waals surface area contributed by atoms with Gasteiger partial charge in [0.1, 0.15) is 5.82 Å². The van der Waals surface area contributed by atoms with Crippen LogP contribution in [0.15, 0.2) is 53.4 Å². The van der Waals surface area contributed by atoms with Crippen molar-refractivity contribution in [3.05, 3.63) is 81.9 Å². The van der Waals surface area contributed by atoms with Crippen molar-refractivity contribution in [1.82, 2.24) is 4.98 Å². The number of halogens is 5. The van der Waals surface area contributed by atoms with Crippen LogP contribution in [0.2, 0.25) is 5.02 Å². The van der Waals surface area contributed by atoms with Gasteiger partial charge in [0.15, 0.2) is 5.69 Å². The van der Waals surface area contributed by atoms with Gasteiger partial charge in [0.25, 0.3) is 5.91 Å². The summed E-state index contributed by atoms with van der Waals surface area (Å²) in [6.45, 7) is 0. The molecular formula is C20H14ClF4N3OS. The number of aromatic nitrogens is 1. The molecule has 0 radical (unpaired) electrons. The predicted octanol–water partition coefficient (Wildman–Crippen LogP) is 5.61. The van der Waals surface area contributed by atoms with E-state index in [4.69, 9.17) is 17.3 Å². The lowest BCUT2D eigenvalue weighted by molar-refractivity contribution is -0.141. The molecule has 3 rings (SSSR count). The number of nitrogens with one attached hydrogen (secondary N) is 1. The molecule has 0 spiro atoms. The molecule has 30 heavy (non-hydrogen) atoms. The molecule has 2 aromatic carbocycles. The van der Waals surface area contributed by atoms with Crippen molar-refractivity contribution >= 4 is 41.5 Å². The molecule has 1 heterocycles. The molecule has 0 aliphatic rings. The maximum absolute atomic E-state index is 13.3. The van der Waals surface area contributed by atoms with Crippen molar-refractivity contribution in [3.8, 4) is 0 Å². The maximum atomic E-state index is 13.3. The Bertz CT molecular complexity index is 1120. The highest BCUT2D eigenvalue weighted by molar-refractivity contribution is 7.80. The molecular weight excluding hydrogens is 442 g/mol. The van der Waals surface area contributed by atoms with Gasteiger partial charge in [0.2, 0.25) is 0 Å². The zero-order valence-corrected chi connectivity index (χ0v) is 16.7. The predicted molar refractivity (Wildman–Crippen MR) is 110 cm³/mol. The third kappa shape index (κ3) is 5.03. The molecule has 3 N–H and O–H groups in total. The number of alkyl halides is 3. The smallest absolute Gasteiger partial charge is 0.398 e. The Balaban J connectivity index is 2.06. The SMILES string of the molecule is Nc1cc(F)ccc1Cc1nc(C(F)(F)F)c(Cl)cc1C(=O)Nc1cccc(S)c1. The summed E-state index contributed by atoms with van der Waals surface area (Å²) in [5.41, 5.74) is 4.79. The van der Waals surface area contributed by atoms with Crippen LogP contribution in [0, 0.1) is 5.82 Å². The van der Waals surface area contributed by atoms with Crippen molar-refractivity contribution in [2.24, 2.45) is 0 Å². The molecule has 1 amide bonds. The first-order valence-corrected chi connectivity index (χ1v) is 9.28. The highest BCUT2D eigenvalue weighted by Gasteiger charge is 2.36. The summed E-state index contributed by atoms with van der Waals surface area (Å²) in [5.74, 6) is -1.31. The lowest BCUT2D eigenvalue weighted by Crippen LogP contribution is -2.19. The number of thiol groups is 1. The maximum Gasteiger partial charge on any atom is 0.434 e. The molecule has 0 aliphatic carbocycles. The molecule has 1 aromatic heterocycles. The highest BCUT2D eigenvalue weighted by Crippen LogP contribution is 2.35. The summed E-state index contributed by atoms with van der Waals surface area (Å²) < 4.78 is 53.2. The summed E-state index contributed by atoms with van der Waals surface area (Å²) in [5, 5.41) is 1.86. The fourth-order valence-electron chi connectivity index (χ4n) is 2.75. The zero-order valence-electron chi connectivity index (χ0n) is 15.1. The molecule has 0 unspecified atom stereocenters. The molecule has 0 aliphatic heterocycles. The summed E-state index contributed by atoms with van der Waals surface area (Å²) >= 11 is 9.94. The number of pyridine rings is 1. The van der Waals surface area contributed by atoms with E-state index >= 15 is 0 Å². The number of hydrogen-bond donors (Lipinski definition) is 3. The van der Waals surface area contributed by atoms with Crippen LogP contribution in [0.1, 0.15) is 27.3 Å². The van der Waals surface area contributed by atoms with Gasteiger partial charge in [-0.15, -0.1) is 12.6 Å². The van der Waals surface area contributed by atoms with Gasteiger partial charge in [0.05, 0.1) is 16.3 Å². The fourth-order valence-corrected chi connectivity index (χ4v) is 3.23. The normalized spacial score (nSPS) is 11.4. The van der Waals surface area contributed by atoms with E-state index in [2.05, 4.69) is 22.9 Å². The quantitative estimate of drug-likeness (QED) is 0.272. The number of carbonyl (C=O) groups excluding carboxylic acids is 1. The summed E-state index contributed by atoms with van der Waals surface area (Å²) in [6, 6.07) is 10.9. The Labute approximate surface area is 179 Å². The van der Waals surface area contributed by atoms with Crippen LogP contribution < -0.4 is 11.1 Å². The Morgan fingerprint density at radius 1 is 1.17 bits per heavy atom. The van der Waals surface area contributed by atoms with Crippen LogP contribution in [0.25, 0.3) is 0 Å². The summed E-state index contributed by atoms with van der Waals surface area (Å²) in [6.07, 6.45) is -5.06. The molecule has 0 saturated carbocycles. The largest absolute Gasteiger partial charge is 0.434 e. The van der Waals surface area contributed by atoms with Crippen LogP contribution >= 0.6 is 24.2 Å². The van der Waals surface area contributed by atoms with Crippen molar-refractivity contribution in [2.75, 3.05) is 11.1 Å². The van der Waals surface area contributed by atoms with Gasteiger partial charge in [-0.05, 0) is 42.0 Å². The second-order valence-corrected chi connectivity index (χ2v) is 7.26. The van der Waals surface area contributed by atoms with Crippen molar-refractivity contribution in [3.63, 3.8) is 0 Å². The van der Waals surface area contributed by atoms with E-state index in [1.165, 1.54) is 6.07 Å². The van der Waals surface area contributed by atoms with E-state index in [1.54, 1.807) is 24.3 Å². The second kappa shape index (κ2) is 8.53. The molecule has 10 heteroatoms. The van der Waals surface area contributed by atoms with E-state index in [1.807, 2.05) is 0 Å². The molecule has 0 saturated heterocycles. The number of nitrogens with zero attached hydrogens (tertiary/aromatic N) is 1.